The zero-order valence-electron chi connectivity index (χ0n) is 10.1. The number of para-hydroxylation sites is 2. The zero-order valence-corrected chi connectivity index (χ0v) is 10.1. The van der Waals surface area contributed by atoms with Gasteiger partial charge in [-0.3, -0.25) is 4.98 Å². The Kier molecular flexibility index (Phi) is 2.68. The molecule has 0 radical (unpaired) electrons. The molecule has 0 amide bonds. The number of fused-ring (bicyclic) bond motifs is 1. The minimum atomic E-state index is 0.625. The average molecular weight is 239 g/mol. The smallest absolute Gasteiger partial charge is 0.298 e. The third kappa shape index (κ3) is 2.05. The van der Waals surface area contributed by atoms with Crippen molar-refractivity contribution in [1.29, 1.82) is 0 Å². The van der Waals surface area contributed by atoms with Crippen LogP contribution in [-0.2, 0) is 6.54 Å². The summed E-state index contributed by atoms with van der Waals surface area (Å²) in [5.74, 6) is 0. The highest BCUT2D eigenvalue weighted by molar-refractivity contribution is 5.74. The second kappa shape index (κ2) is 4.49. The summed E-state index contributed by atoms with van der Waals surface area (Å²) in [6.45, 7) is 0.723. The van der Waals surface area contributed by atoms with Crippen molar-refractivity contribution >= 4 is 17.1 Å². The number of hydrogen-bond donors (Lipinski definition) is 0. The minimum Gasteiger partial charge on any atom is -0.423 e. The molecule has 18 heavy (non-hydrogen) atoms. The summed E-state index contributed by atoms with van der Waals surface area (Å²) in [4.78, 5) is 10.5. The second-order valence-electron chi connectivity index (χ2n) is 4.18. The van der Waals surface area contributed by atoms with Crippen molar-refractivity contribution in [3.05, 3.63) is 54.4 Å². The van der Waals surface area contributed by atoms with E-state index < -0.39 is 0 Å². The highest BCUT2D eigenvalue weighted by atomic mass is 16.4. The molecule has 0 atom stereocenters. The molecule has 0 aliphatic heterocycles. The quantitative estimate of drug-likeness (QED) is 0.704. The van der Waals surface area contributed by atoms with Crippen LogP contribution in [0.2, 0.25) is 0 Å². The molecule has 0 saturated heterocycles. The van der Waals surface area contributed by atoms with E-state index in [2.05, 4.69) is 9.97 Å². The topological polar surface area (TPSA) is 42.2 Å². The van der Waals surface area contributed by atoms with Crippen molar-refractivity contribution in [2.75, 3.05) is 11.9 Å². The molecule has 3 rings (SSSR count). The van der Waals surface area contributed by atoms with Gasteiger partial charge < -0.3 is 9.32 Å². The molecule has 0 N–H and O–H groups in total. The molecule has 2 aromatic heterocycles. The van der Waals surface area contributed by atoms with Crippen LogP contribution in [0.3, 0.4) is 0 Å². The van der Waals surface area contributed by atoms with Crippen LogP contribution in [0, 0.1) is 0 Å². The number of hydrogen-bond acceptors (Lipinski definition) is 4. The summed E-state index contributed by atoms with van der Waals surface area (Å²) in [6.07, 6.45) is 3.61. The molecule has 4 heteroatoms. The van der Waals surface area contributed by atoms with Crippen LogP contribution >= 0.6 is 0 Å². The maximum absolute atomic E-state index is 5.70. The maximum Gasteiger partial charge on any atom is 0.298 e. The lowest BCUT2D eigenvalue weighted by molar-refractivity contribution is 0.582. The molecular formula is C14H13N3O. The fourth-order valence-corrected chi connectivity index (χ4v) is 1.86. The Hall–Kier alpha value is -2.36. The van der Waals surface area contributed by atoms with E-state index in [4.69, 9.17) is 4.42 Å². The average Bonchev–Trinajstić information content (AvgIpc) is 2.84. The molecule has 90 valence electrons. The van der Waals surface area contributed by atoms with Crippen LogP contribution in [0.4, 0.5) is 6.01 Å². The predicted octanol–water partition coefficient (Wildman–Crippen LogP) is 2.86. The van der Waals surface area contributed by atoms with Crippen molar-refractivity contribution in [2.24, 2.45) is 0 Å². The zero-order chi connectivity index (χ0) is 12.4. The number of rotatable bonds is 3. The fourth-order valence-electron chi connectivity index (χ4n) is 1.86. The van der Waals surface area contributed by atoms with Crippen molar-refractivity contribution in [2.45, 2.75) is 6.54 Å². The Morgan fingerprint density at radius 2 is 2.06 bits per heavy atom. The first-order valence-electron chi connectivity index (χ1n) is 5.78. The molecule has 1 aromatic carbocycles. The number of pyridine rings is 1. The van der Waals surface area contributed by atoms with Crippen LogP contribution in [-0.4, -0.2) is 17.0 Å². The van der Waals surface area contributed by atoms with Gasteiger partial charge in [-0.05, 0) is 23.8 Å². The van der Waals surface area contributed by atoms with Gasteiger partial charge in [0.1, 0.15) is 5.52 Å². The minimum absolute atomic E-state index is 0.625. The van der Waals surface area contributed by atoms with E-state index >= 15 is 0 Å². The first kappa shape index (κ1) is 10.8. The summed E-state index contributed by atoms with van der Waals surface area (Å²) < 4.78 is 5.70. The third-order valence-electron chi connectivity index (χ3n) is 2.75. The van der Waals surface area contributed by atoms with E-state index in [9.17, 15) is 0 Å². The van der Waals surface area contributed by atoms with Gasteiger partial charge in [0, 0.05) is 26.0 Å². The van der Waals surface area contributed by atoms with E-state index in [-0.39, 0.29) is 0 Å². The highest BCUT2D eigenvalue weighted by Gasteiger charge is 2.10. The first-order chi connectivity index (χ1) is 8.83. The van der Waals surface area contributed by atoms with E-state index in [0.717, 1.165) is 23.2 Å². The monoisotopic (exact) mass is 239 g/mol. The van der Waals surface area contributed by atoms with Crippen molar-refractivity contribution in [1.82, 2.24) is 9.97 Å². The molecular weight excluding hydrogens is 226 g/mol. The summed E-state index contributed by atoms with van der Waals surface area (Å²) in [6, 6.07) is 12.3. The van der Waals surface area contributed by atoms with E-state index in [1.807, 2.05) is 54.5 Å². The van der Waals surface area contributed by atoms with Gasteiger partial charge in [-0.15, -0.1) is 0 Å². The molecule has 0 unspecified atom stereocenters. The van der Waals surface area contributed by atoms with Gasteiger partial charge in [0.05, 0.1) is 0 Å². The number of anilines is 1. The van der Waals surface area contributed by atoms with Crippen LogP contribution in [0.5, 0.6) is 0 Å². The molecule has 0 bridgehead atoms. The van der Waals surface area contributed by atoms with Crippen molar-refractivity contribution in [3.8, 4) is 0 Å². The van der Waals surface area contributed by atoms with Crippen molar-refractivity contribution < 1.29 is 4.42 Å². The lowest BCUT2D eigenvalue weighted by Gasteiger charge is -2.13. The standard InChI is InChI=1S/C14H13N3O/c1-17(10-11-5-4-8-15-9-11)14-16-12-6-2-3-7-13(12)18-14/h2-9H,10H2,1H3. The maximum atomic E-state index is 5.70. The number of oxazole rings is 1. The van der Waals surface area contributed by atoms with Gasteiger partial charge in [0.2, 0.25) is 0 Å². The van der Waals surface area contributed by atoms with Gasteiger partial charge in [-0.25, -0.2) is 0 Å². The predicted molar refractivity (Wildman–Crippen MR) is 70.4 cm³/mol. The van der Waals surface area contributed by atoms with E-state index in [1.54, 1.807) is 6.20 Å². The fraction of sp³-hybridized carbons (Fsp3) is 0.143. The van der Waals surface area contributed by atoms with E-state index in [0.29, 0.717) is 6.01 Å². The number of nitrogens with zero attached hydrogens (tertiary/aromatic N) is 3. The molecule has 2 heterocycles. The van der Waals surface area contributed by atoms with Crippen LogP contribution in [0.25, 0.3) is 11.1 Å². The van der Waals surface area contributed by atoms with Crippen LogP contribution in [0.1, 0.15) is 5.56 Å². The second-order valence-corrected chi connectivity index (χ2v) is 4.18. The van der Waals surface area contributed by atoms with Gasteiger partial charge >= 0.3 is 0 Å². The first-order valence-corrected chi connectivity index (χ1v) is 5.78. The van der Waals surface area contributed by atoms with E-state index in [1.165, 1.54) is 0 Å². The molecule has 0 fully saturated rings. The Morgan fingerprint density at radius 1 is 1.17 bits per heavy atom. The Labute approximate surface area is 105 Å². The Balaban J connectivity index is 1.86. The van der Waals surface area contributed by atoms with Gasteiger partial charge in [0.15, 0.2) is 5.58 Å². The van der Waals surface area contributed by atoms with Gasteiger partial charge in [-0.1, -0.05) is 18.2 Å². The van der Waals surface area contributed by atoms with Crippen molar-refractivity contribution in [3.63, 3.8) is 0 Å². The van der Waals surface area contributed by atoms with Crippen LogP contribution in [0.15, 0.2) is 53.2 Å². The number of benzene rings is 1. The normalized spacial score (nSPS) is 10.7. The largest absolute Gasteiger partial charge is 0.423 e. The summed E-state index contributed by atoms with van der Waals surface area (Å²) in [5, 5.41) is 0. The number of aromatic nitrogens is 2. The molecule has 0 spiro atoms. The molecule has 3 aromatic rings. The molecule has 0 saturated carbocycles. The SMILES string of the molecule is CN(Cc1cccnc1)c1nc2ccccc2o1. The lowest BCUT2D eigenvalue weighted by atomic mass is 10.3. The molecule has 0 aliphatic carbocycles. The van der Waals surface area contributed by atoms with Gasteiger partial charge in [0.25, 0.3) is 6.01 Å². The highest BCUT2D eigenvalue weighted by Crippen LogP contribution is 2.21. The Morgan fingerprint density at radius 3 is 2.83 bits per heavy atom. The van der Waals surface area contributed by atoms with Gasteiger partial charge in [-0.2, -0.15) is 4.98 Å². The third-order valence-corrected chi connectivity index (χ3v) is 2.75. The summed E-state index contributed by atoms with van der Waals surface area (Å²) >= 11 is 0. The van der Waals surface area contributed by atoms with Crippen LogP contribution < -0.4 is 4.90 Å². The molecule has 4 nitrogen and oxygen atoms in total. The molecule has 0 aliphatic rings. The lowest BCUT2D eigenvalue weighted by Crippen LogP contribution is -2.16. The Bertz CT molecular complexity index is 615. The summed E-state index contributed by atoms with van der Waals surface area (Å²) in [5.41, 5.74) is 2.82. The summed E-state index contributed by atoms with van der Waals surface area (Å²) in [7, 11) is 1.96.